The SMILES string of the molecule is NCCCSCc1cccc(Cl)c1. The first kappa shape index (κ1) is 10.9. The minimum atomic E-state index is 0.780. The lowest BCUT2D eigenvalue weighted by Gasteiger charge is -2.01. The molecule has 0 fully saturated rings. The van der Waals surface area contributed by atoms with Crippen molar-refractivity contribution in [2.75, 3.05) is 12.3 Å². The summed E-state index contributed by atoms with van der Waals surface area (Å²) in [5.74, 6) is 2.16. The van der Waals surface area contributed by atoms with Gasteiger partial charge in [-0.2, -0.15) is 11.8 Å². The number of benzene rings is 1. The van der Waals surface area contributed by atoms with Gasteiger partial charge < -0.3 is 5.73 Å². The van der Waals surface area contributed by atoms with E-state index in [9.17, 15) is 0 Å². The van der Waals surface area contributed by atoms with Crippen molar-refractivity contribution in [1.29, 1.82) is 0 Å². The van der Waals surface area contributed by atoms with Gasteiger partial charge in [0.15, 0.2) is 0 Å². The van der Waals surface area contributed by atoms with Crippen molar-refractivity contribution in [1.82, 2.24) is 0 Å². The summed E-state index contributed by atoms with van der Waals surface area (Å²) in [7, 11) is 0. The van der Waals surface area contributed by atoms with Crippen molar-refractivity contribution in [3.8, 4) is 0 Å². The van der Waals surface area contributed by atoms with Gasteiger partial charge in [-0.25, -0.2) is 0 Å². The Balaban J connectivity index is 2.28. The first-order valence-corrected chi connectivity index (χ1v) is 5.88. The normalized spacial score (nSPS) is 10.3. The highest BCUT2D eigenvalue weighted by molar-refractivity contribution is 7.98. The zero-order valence-electron chi connectivity index (χ0n) is 7.50. The Morgan fingerprint density at radius 1 is 1.38 bits per heavy atom. The Kier molecular flexibility index (Phi) is 5.28. The Bertz CT molecular complexity index is 252. The summed E-state index contributed by atoms with van der Waals surface area (Å²) >= 11 is 7.76. The molecule has 0 bridgehead atoms. The van der Waals surface area contributed by atoms with Gasteiger partial charge in [-0.3, -0.25) is 0 Å². The number of rotatable bonds is 5. The molecule has 1 aromatic rings. The molecule has 1 rings (SSSR count). The second-order valence-corrected chi connectivity index (χ2v) is 4.37. The predicted molar refractivity (Wildman–Crippen MR) is 61.3 cm³/mol. The Labute approximate surface area is 88.7 Å². The van der Waals surface area contributed by atoms with Crippen LogP contribution in [0.2, 0.25) is 5.02 Å². The van der Waals surface area contributed by atoms with E-state index in [0.717, 1.165) is 29.5 Å². The van der Waals surface area contributed by atoms with Crippen LogP contribution in [0.3, 0.4) is 0 Å². The molecule has 0 saturated carbocycles. The first-order chi connectivity index (χ1) is 6.33. The van der Waals surface area contributed by atoms with Gasteiger partial charge in [0, 0.05) is 10.8 Å². The molecular formula is C10H14ClNS. The summed E-state index contributed by atoms with van der Waals surface area (Å²) in [4.78, 5) is 0. The fraction of sp³-hybridized carbons (Fsp3) is 0.400. The van der Waals surface area contributed by atoms with E-state index in [1.807, 2.05) is 30.0 Å². The minimum absolute atomic E-state index is 0.780. The molecule has 0 atom stereocenters. The number of nitrogens with two attached hydrogens (primary N) is 1. The lowest BCUT2D eigenvalue weighted by Crippen LogP contribution is -1.99. The summed E-state index contributed by atoms with van der Waals surface area (Å²) in [6, 6.07) is 8.00. The lowest BCUT2D eigenvalue weighted by molar-refractivity contribution is 0.943. The van der Waals surface area contributed by atoms with Crippen LogP contribution in [0.4, 0.5) is 0 Å². The molecule has 0 saturated heterocycles. The summed E-state index contributed by atoms with van der Waals surface area (Å²) in [5.41, 5.74) is 6.68. The fourth-order valence-electron chi connectivity index (χ4n) is 1.00. The highest BCUT2D eigenvalue weighted by atomic mass is 35.5. The third kappa shape index (κ3) is 4.55. The molecule has 0 unspecified atom stereocenters. The molecule has 13 heavy (non-hydrogen) atoms. The van der Waals surface area contributed by atoms with Crippen LogP contribution in [0, 0.1) is 0 Å². The van der Waals surface area contributed by atoms with Gasteiger partial charge in [-0.05, 0) is 36.4 Å². The van der Waals surface area contributed by atoms with Gasteiger partial charge in [0.05, 0.1) is 0 Å². The minimum Gasteiger partial charge on any atom is -0.330 e. The maximum absolute atomic E-state index is 5.86. The van der Waals surface area contributed by atoms with E-state index in [-0.39, 0.29) is 0 Å². The van der Waals surface area contributed by atoms with Crippen molar-refractivity contribution in [2.24, 2.45) is 5.73 Å². The van der Waals surface area contributed by atoms with E-state index in [2.05, 4.69) is 6.07 Å². The van der Waals surface area contributed by atoms with Crippen LogP contribution in [0.5, 0.6) is 0 Å². The van der Waals surface area contributed by atoms with Crippen LogP contribution in [0.15, 0.2) is 24.3 Å². The maximum atomic E-state index is 5.86. The molecule has 0 amide bonds. The second-order valence-electron chi connectivity index (χ2n) is 2.82. The third-order valence-electron chi connectivity index (χ3n) is 1.65. The molecule has 1 aromatic carbocycles. The number of halogens is 1. The van der Waals surface area contributed by atoms with Gasteiger partial charge in [0.25, 0.3) is 0 Å². The van der Waals surface area contributed by atoms with E-state index < -0.39 is 0 Å². The van der Waals surface area contributed by atoms with Crippen molar-refractivity contribution in [3.05, 3.63) is 34.9 Å². The van der Waals surface area contributed by atoms with Gasteiger partial charge in [0.2, 0.25) is 0 Å². The first-order valence-electron chi connectivity index (χ1n) is 4.35. The molecule has 0 heterocycles. The molecular weight excluding hydrogens is 202 g/mol. The summed E-state index contributed by atoms with van der Waals surface area (Å²) < 4.78 is 0. The molecule has 0 aliphatic rings. The second kappa shape index (κ2) is 6.30. The van der Waals surface area contributed by atoms with Gasteiger partial charge >= 0.3 is 0 Å². The Morgan fingerprint density at radius 2 is 2.23 bits per heavy atom. The third-order valence-corrected chi connectivity index (χ3v) is 3.00. The molecule has 0 spiro atoms. The van der Waals surface area contributed by atoms with E-state index >= 15 is 0 Å². The number of hydrogen-bond donors (Lipinski definition) is 1. The summed E-state index contributed by atoms with van der Waals surface area (Å²) in [6.45, 7) is 0.780. The highest BCUT2D eigenvalue weighted by Gasteiger charge is 1.94. The fourth-order valence-corrected chi connectivity index (χ4v) is 2.15. The molecule has 3 heteroatoms. The zero-order chi connectivity index (χ0) is 9.52. The maximum Gasteiger partial charge on any atom is 0.0409 e. The van der Waals surface area contributed by atoms with Crippen molar-refractivity contribution >= 4 is 23.4 Å². The average Bonchev–Trinajstić information content (AvgIpc) is 2.13. The van der Waals surface area contributed by atoms with E-state index in [0.29, 0.717) is 0 Å². The van der Waals surface area contributed by atoms with Crippen molar-refractivity contribution < 1.29 is 0 Å². The molecule has 72 valence electrons. The largest absolute Gasteiger partial charge is 0.330 e. The van der Waals surface area contributed by atoms with E-state index in [4.69, 9.17) is 17.3 Å². The topological polar surface area (TPSA) is 26.0 Å². The predicted octanol–water partition coefficient (Wildman–Crippen LogP) is 2.92. The van der Waals surface area contributed by atoms with E-state index in [1.54, 1.807) is 0 Å². The molecule has 0 radical (unpaired) electrons. The molecule has 1 nitrogen and oxygen atoms in total. The van der Waals surface area contributed by atoms with Gasteiger partial charge in [-0.1, -0.05) is 23.7 Å². The van der Waals surface area contributed by atoms with Crippen LogP contribution in [-0.2, 0) is 5.75 Å². The lowest BCUT2D eigenvalue weighted by atomic mass is 10.2. The molecule has 0 aromatic heterocycles. The van der Waals surface area contributed by atoms with Crippen molar-refractivity contribution in [2.45, 2.75) is 12.2 Å². The summed E-state index contributed by atoms with van der Waals surface area (Å²) in [5, 5.41) is 0.817. The number of hydrogen-bond acceptors (Lipinski definition) is 2. The zero-order valence-corrected chi connectivity index (χ0v) is 9.07. The average molecular weight is 216 g/mol. The summed E-state index contributed by atoms with van der Waals surface area (Å²) in [6.07, 6.45) is 1.09. The van der Waals surface area contributed by atoms with Crippen LogP contribution in [0.25, 0.3) is 0 Å². The van der Waals surface area contributed by atoms with E-state index in [1.165, 1.54) is 5.56 Å². The Hall–Kier alpha value is -0.180. The molecule has 0 aliphatic heterocycles. The van der Waals surface area contributed by atoms with Crippen LogP contribution in [-0.4, -0.2) is 12.3 Å². The van der Waals surface area contributed by atoms with Crippen LogP contribution < -0.4 is 5.73 Å². The number of thioether (sulfide) groups is 1. The van der Waals surface area contributed by atoms with Gasteiger partial charge in [-0.15, -0.1) is 0 Å². The molecule has 0 aliphatic carbocycles. The van der Waals surface area contributed by atoms with Crippen LogP contribution in [0.1, 0.15) is 12.0 Å². The standard InChI is InChI=1S/C10H14ClNS/c11-10-4-1-3-9(7-10)8-13-6-2-5-12/h1,3-4,7H,2,5-6,8,12H2. The monoisotopic (exact) mass is 215 g/mol. The van der Waals surface area contributed by atoms with Crippen LogP contribution >= 0.6 is 23.4 Å². The van der Waals surface area contributed by atoms with Gasteiger partial charge in [0.1, 0.15) is 0 Å². The highest BCUT2D eigenvalue weighted by Crippen LogP contribution is 2.16. The van der Waals surface area contributed by atoms with Crippen molar-refractivity contribution in [3.63, 3.8) is 0 Å². The Morgan fingerprint density at radius 3 is 2.92 bits per heavy atom. The quantitative estimate of drug-likeness (QED) is 0.765. The molecule has 2 N–H and O–H groups in total. The smallest absolute Gasteiger partial charge is 0.0409 e.